The molecule has 1 fully saturated rings. The molecule has 1 amide bonds. The maximum Gasteiger partial charge on any atom is 0.241 e. The van der Waals surface area contributed by atoms with Gasteiger partial charge in [-0.1, -0.05) is 30.3 Å². The minimum Gasteiger partial charge on any atom is -0.396 e. The van der Waals surface area contributed by atoms with E-state index in [9.17, 15) is 4.79 Å². The minimum absolute atomic E-state index is 0.00943. The van der Waals surface area contributed by atoms with Crippen molar-refractivity contribution in [1.29, 1.82) is 0 Å². The van der Waals surface area contributed by atoms with Crippen molar-refractivity contribution >= 4 is 11.6 Å². The maximum absolute atomic E-state index is 11.9. The molecule has 0 unspecified atom stereocenters. The first-order chi connectivity index (χ1) is 11.7. The summed E-state index contributed by atoms with van der Waals surface area (Å²) in [5.41, 5.74) is 7.53. The van der Waals surface area contributed by atoms with Gasteiger partial charge in [-0.15, -0.1) is 0 Å². The molecule has 6 nitrogen and oxygen atoms in total. The molecule has 0 radical (unpaired) electrons. The van der Waals surface area contributed by atoms with Gasteiger partial charge in [-0.25, -0.2) is 0 Å². The molecule has 1 aromatic heterocycles. The van der Waals surface area contributed by atoms with Crippen LogP contribution in [0.4, 0.5) is 5.69 Å². The summed E-state index contributed by atoms with van der Waals surface area (Å²) >= 11 is 0. The van der Waals surface area contributed by atoms with E-state index in [1.807, 2.05) is 0 Å². The van der Waals surface area contributed by atoms with Gasteiger partial charge in [0.15, 0.2) is 0 Å². The Balaban J connectivity index is 1.35. The summed E-state index contributed by atoms with van der Waals surface area (Å²) in [7, 11) is 0. The molecule has 128 valence electrons. The third kappa shape index (κ3) is 4.83. The van der Waals surface area contributed by atoms with Crippen LogP contribution in [-0.4, -0.2) is 40.2 Å². The molecule has 2 aromatic rings. The quantitative estimate of drug-likeness (QED) is 0.843. The van der Waals surface area contributed by atoms with Gasteiger partial charge in [0.05, 0.1) is 11.9 Å². The summed E-state index contributed by atoms with van der Waals surface area (Å²) in [4.78, 5) is 14.4. The van der Waals surface area contributed by atoms with Gasteiger partial charge in [-0.05, 0) is 37.4 Å². The first-order valence-electron chi connectivity index (χ1n) is 8.50. The van der Waals surface area contributed by atoms with Gasteiger partial charge < -0.3 is 11.1 Å². The number of nitrogens with two attached hydrogens (primary N) is 1. The number of carbonyl (C=O) groups excluding carboxylic acids is 1. The highest BCUT2D eigenvalue weighted by Crippen LogP contribution is 2.18. The molecule has 24 heavy (non-hydrogen) atoms. The molecule has 0 spiro atoms. The van der Waals surface area contributed by atoms with Crippen LogP contribution in [0.5, 0.6) is 0 Å². The summed E-state index contributed by atoms with van der Waals surface area (Å²) in [6.45, 7) is 4.16. The highest BCUT2D eigenvalue weighted by Gasteiger charge is 2.19. The number of likely N-dealkylation sites (tertiary alicyclic amines) is 1. The third-order valence-electron chi connectivity index (χ3n) is 4.50. The number of rotatable bonds is 6. The standard InChI is InChI=1S/C18H25N5O/c19-17-11-21-23(13-17)14-18(24)20-10-15-6-8-22(9-7-15)12-16-4-2-1-3-5-16/h1-5,11,13,15H,6-10,12,14,19H2,(H,20,24). The average molecular weight is 327 g/mol. The molecule has 0 saturated carbocycles. The van der Waals surface area contributed by atoms with Crippen LogP contribution in [-0.2, 0) is 17.9 Å². The predicted molar refractivity (Wildman–Crippen MR) is 94.1 cm³/mol. The SMILES string of the molecule is Nc1cnn(CC(=O)NCC2CCN(Cc3ccccc3)CC2)c1. The summed E-state index contributed by atoms with van der Waals surface area (Å²) in [5.74, 6) is 0.550. The Morgan fingerprint density at radius 1 is 1.25 bits per heavy atom. The Morgan fingerprint density at radius 3 is 2.67 bits per heavy atom. The van der Waals surface area contributed by atoms with Crippen molar-refractivity contribution in [3.63, 3.8) is 0 Å². The Morgan fingerprint density at radius 2 is 2.00 bits per heavy atom. The first-order valence-corrected chi connectivity index (χ1v) is 8.50. The molecule has 0 bridgehead atoms. The Labute approximate surface area is 142 Å². The predicted octanol–water partition coefficient (Wildman–Crippen LogP) is 1.49. The monoisotopic (exact) mass is 327 g/mol. The molecule has 2 heterocycles. The van der Waals surface area contributed by atoms with Crippen molar-refractivity contribution in [3.05, 3.63) is 48.3 Å². The van der Waals surface area contributed by atoms with E-state index in [0.29, 0.717) is 11.6 Å². The summed E-state index contributed by atoms with van der Waals surface area (Å²) in [5, 5.41) is 7.04. The van der Waals surface area contributed by atoms with Crippen LogP contribution in [0.15, 0.2) is 42.7 Å². The van der Waals surface area contributed by atoms with Crippen LogP contribution >= 0.6 is 0 Å². The molecule has 6 heteroatoms. The van der Waals surface area contributed by atoms with Crippen molar-refractivity contribution in [2.45, 2.75) is 25.9 Å². The summed E-state index contributed by atoms with van der Waals surface area (Å²) < 4.78 is 1.56. The van der Waals surface area contributed by atoms with E-state index in [1.54, 1.807) is 17.1 Å². The molecule has 1 aliphatic heterocycles. The van der Waals surface area contributed by atoms with E-state index in [0.717, 1.165) is 39.0 Å². The van der Waals surface area contributed by atoms with Gasteiger partial charge in [0.1, 0.15) is 6.54 Å². The molecule has 1 aliphatic rings. The van der Waals surface area contributed by atoms with Crippen LogP contribution in [0.2, 0.25) is 0 Å². The Kier molecular flexibility index (Phi) is 5.48. The van der Waals surface area contributed by atoms with E-state index < -0.39 is 0 Å². The Hall–Kier alpha value is -2.34. The van der Waals surface area contributed by atoms with Gasteiger partial charge >= 0.3 is 0 Å². The molecule has 1 aromatic carbocycles. The zero-order valence-electron chi connectivity index (χ0n) is 13.9. The smallest absolute Gasteiger partial charge is 0.241 e. The second-order valence-electron chi connectivity index (χ2n) is 6.48. The number of hydrogen-bond donors (Lipinski definition) is 2. The molecular formula is C18H25N5O. The lowest BCUT2D eigenvalue weighted by molar-refractivity contribution is -0.122. The second-order valence-corrected chi connectivity index (χ2v) is 6.48. The fraction of sp³-hybridized carbons (Fsp3) is 0.444. The van der Waals surface area contributed by atoms with Crippen LogP contribution in [0, 0.1) is 5.92 Å². The van der Waals surface area contributed by atoms with Crippen molar-refractivity contribution in [3.8, 4) is 0 Å². The van der Waals surface area contributed by atoms with Crippen LogP contribution in [0.1, 0.15) is 18.4 Å². The largest absolute Gasteiger partial charge is 0.396 e. The van der Waals surface area contributed by atoms with Crippen LogP contribution < -0.4 is 11.1 Å². The fourth-order valence-corrected chi connectivity index (χ4v) is 3.12. The van der Waals surface area contributed by atoms with E-state index >= 15 is 0 Å². The lowest BCUT2D eigenvalue weighted by atomic mass is 9.96. The van der Waals surface area contributed by atoms with Gasteiger partial charge in [-0.3, -0.25) is 14.4 Å². The normalized spacial score (nSPS) is 16.2. The number of aromatic nitrogens is 2. The van der Waals surface area contributed by atoms with E-state index in [-0.39, 0.29) is 12.5 Å². The molecule has 3 N–H and O–H groups in total. The highest BCUT2D eigenvalue weighted by atomic mass is 16.2. The van der Waals surface area contributed by atoms with E-state index in [1.165, 1.54) is 5.56 Å². The molecular weight excluding hydrogens is 302 g/mol. The lowest BCUT2D eigenvalue weighted by Gasteiger charge is -2.32. The fourth-order valence-electron chi connectivity index (χ4n) is 3.12. The number of benzene rings is 1. The van der Waals surface area contributed by atoms with Crippen molar-refractivity contribution in [1.82, 2.24) is 20.0 Å². The van der Waals surface area contributed by atoms with E-state index in [4.69, 9.17) is 5.73 Å². The van der Waals surface area contributed by atoms with Gasteiger partial charge in [0, 0.05) is 19.3 Å². The van der Waals surface area contributed by atoms with E-state index in [2.05, 4.69) is 45.6 Å². The van der Waals surface area contributed by atoms with Crippen LogP contribution in [0.3, 0.4) is 0 Å². The van der Waals surface area contributed by atoms with Gasteiger partial charge in [-0.2, -0.15) is 5.10 Å². The summed E-state index contributed by atoms with van der Waals surface area (Å²) in [6, 6.07) is 10.6. The third-order valence-corrected chi connectivity index (χ3v) is 4.50. The van der Waals surface area contributed by atoms with Gasteiger partial charge in [0.2, 0.25) is 5.91 Å². The molecule has 3 rings (SSSR count). The molecule has 0 atom stereocenters. The number of piperidine rings is 1. The number of anilines is 1. The average Bonchev–Trinajstić information content (AvgIpc) is 3.00. The molecule has 1 saturated heterocycles. The van der Waals surface area contributed by atoms with Crippen molar-refractivity contribution in [2.75, 3.05) is 25.4 Å². The number of nitrogen functional groups attached to an aromatic ring is 1. The zero-order valence-corrected chi connectivity index (χ0v) is 13.9. The Bertz CT molecular complexity index is 646. The number of amides is 1. The first kappa shape index (κ1) is 16.5. The van der Waals surface area contributed by atoms with Crippen molar-refractivity contribution < 1.29 is 4.79 Å². The second kappa shape index (κ2) is 7.97. The maximum atomic E-state index is 11.9. The number of nitrogens with one attached hydrogen (secondary N) is 1. The molecule has 0 aliphatic carbocycles. The summed E-state index contributed by atoms with van der Waals surface area (Å²) in [6.07, 6.45) is 5.47. The van der Waals surface area contributed by atoms with Gasteiger partial charge in [0.25, 0.3) is 0 Å². The highest BCUT2D eigenvalue weighted by molar-refractivity contribution is 5.75. The van der Waals surface area contributed by atoms with Crippen LogP contribution in [0.25, 0.3) is 0 Å². The minimum atomic E-state index is -0.00943. The lowest BCUT2D eigenvalue weighted by Crippen LogP contribution is -2.39. The number of hydrogen-bond acceptors (Lipinski definition) is 4. The zero-order chi connectivity index (χ0) is 16.8. The number of nitrogens with zero attached hydrogens (tertiary/aromatic N) is 3. The van der Waals surface area contributed by atoms with Crippen molar-refractivity contribution in [2.24, 2.45) is 5.92 Å². The number of carbonyl (C=O) groups is 1. The topological polar surface area (TPSA) is 76.2 Å².